The molecule has 6 heteroatoms. The normalized spacial score (nSPS) is 12.9. The van der Waals surface area contributed by atoms with Crippen molar-refractivity contribution < 1.29 is 9.59 Å². The highest BCUT2D eigenvalue weighted by Gasteiger charge is 2.29. The molecule has 0 aliphatic carbocycles. The second-order valence-electron chi connectivity index (χ2n) is 7.62. The number of hydrogen-bond donors (Lipinski definition) is 1. The molecule has 162 valence electrons. The van der Waals surface area contributed by atoms with Crippen LogP contribution in [0.2, 0.25) is 10.0 Å². The third-order valence-electron chi connectivity index (χ3n) is 5.33. The van der Waals surface area contributed by atoms with E-state index in [1.54, 1.807) is 23.1 Å². The van der Waals surface area contributed by atoms with Crippen LogP contribution in [0.1, 0.15) is 50.3 Å². The average molecular weight is 449 g/mol. The van der Waals surface area contributed by atoms with Crippen LogP contribution in [0.4, 0.5) is 0 Å². The van der Waals surface area contributed by atoms with Gasteiger partial charge in [-0.1, -0.05) is 67.4 Å². The molecule has 0 aliphatic rings. The monoisotopic (exact) mass is 448 g/mol. The summed E-state index contributed by atoms with van der Waals surface area (Å²) in [5.41, 5.74) is 2.87. The number of aryl methyl sites for hydroxylation is 1. The zero-order valence-corrected chi connectivity index (χ0v) is 19.6. The lowest BCUT2D eigenvalue weighted by Gasteiger charge is -2.32. The van der Waals surface area contributed by atoms with Crippen LogP contribution in [-0.2, 0) is 22.6 Å². The van der Waals surface area contributed by atoms with E-state index in [9.17, 15) is 9.59 Å². The molecule has 2 aromatic rings. The fourth-order valence-corrected chi connectivity index (χ4v) is 3.58. The molecule has 4 nitrogen and oxygen atoms in total. The molecule has 0 radical (unpaired) electrons. The Kier molecular flexibility index (Phi) is 9.19. The molecular formula is C24H30Cl2N2O2. The fraction of sp³-hybridized carbons (Fsp3) is 0.417. The maximum absolute atomic E-state index is 13.4. The average Bonchev–Trinajstić information content (AvgIpc) is 2.71. The molecule has 0 aliphatic heterocycles. The zero-order valence-electron chi connectivity index (χ0n) is 18.0. The summed E-state index contributed by atoms with van der Waals surface area (Å²) in [4.78, 5) is 28.0. The number of halogens is 2. The molecule has 2 rings (SSSR count). The van der Waals surface area contributed by atoms with Gasteiger partial charge in [-0.25, -0.2) is 0 Å². The number of amides is 2. The standard InChI is InChI=1S/C24H30Cl2N2O2/c1-5-17(4)27-24(30)22(6-2)28(15-19-10-8-7-9-16(19)3)23(29)14-18-11-12-20(25)21(26)13-18/h7-13,17,22H,5-6,14-15H2,1-4H3,(H,27,30)/t17-,22+/m0/s1. The van der Waals surface area contributed by atoms with Gasteiger partial charge in [0.1, 0.15) is 6.04 Å². The topological polar surface area (TPSA) is 49.4 Å². The van der Waals surface area contributed by atoms with Crippen LogP contribution < -0.4 is 5.32 Å². The van der Waals surface area contributed by atoms with Crippen LogP contribution in [0.5, 0.6) is 0 Å². The molecule has 0 saturated carbocycles. The first-order valence-corrected chi connectivity index (χ1v) is 11.1. The van der Waals surface area contributed by atoms with Crippen molar-refractivity contribution in [1.29, 1.82) is 0 Å². The Morgan fingerprint density at radius 3 is 2.33 bits per heavy atom. The number of hydrogen-bond acceptors (Lipinski definition) is 2. The van der Waals surface area contributed by atoms with Gasteiger partial charge < -0.3 is 10.2 Å². The van der Waals surface area contributed by atoms with E-state index in [1.165, 1.54) is 0 Å². The van der Waals surface area contributed by atoms with Crippen molar-refractivity contribution in [1.82, 2.24) is 10.2 Å². The Hall–Kier alpha value is -2.04. The van der Waals surface area contributed by atoms with Gasteiger partial charge in [-0.3, -0.25) is 9.59 Å². The van der Waals surface area contributed by atoms with Crippen LogP contribution in [-0.4, -0.2) is 28.8 Å². The van der Waals surface area contributed by atoms with Crippen molar-refractivity contribution in [2.24, 2.45) is 0 Å². The molecule has 0 saturated heterocycles. The van der Waals surface area contributed by atoms with Crippen LogP contribution >= 0.6 is 23.2 Å². The Bertz CT molecular complexity index is 885. The quantitative estimate of drug-likeness (QED) is 0.545. The largest absolute Gasteiger partial charge is 0.352 e. The highest BCUT2D eigenvalue weighted by molar-refractivity contribution is 6.42. The van der Waals surface area contributed by atoms with Gasteiger partial charge in [0.2, 0.25) is 11.8 Å². The molecule has 0 unspecified atom stereocenters. The molecular weight excluding hydrogens is 419 g/mol. The summed E-state index contributed by atoms with van der Waals surface area (Å²) in [5.74, 6) is -0.245. The van der Waals surface area contributed by atoms with E-state index in [4.69, 9.17) is 23.2 Å². The first-order valence-electron chi connectivity index (χ1n) is 10.3. The summed E-state index contributed by atoms with van der Waals surface area (Å²) < 4.78 is 0. The Labute approximate surface area is 189 Å². The van der Waals surface area contributed by atoms with Crippen LogP contribution in [0, 0.1) is 6.92 Å². The van der Waals surface area contributed by atoms with E-state index in [1.807, 2.05) is 52.0 Å². The Morgan fingerprint density at radius 2 is 1.73 bits per heavy atom. The van der Waals surface area contributed by atoms with Gasteiger partial charge in [0, 0.05) is 12.6 Å². The Balaban J connectivity index is 2.33. The van der Waals surface area contributed by atoms with E-state index in [0.29, 0.717) is 23.0 Å². The number of nitrogens with one attached hydrogen (secondary N) is 1. The van der Waals surface area contributed by atoms with Crippen LogP contribution in [0.3, 0.4) is 0 Å². The molecule has 2 atom stereocenters. The number of nitrogens with zero attached hydrogens (tertiary/aromatic N) is 1. The first kappa shape index (κ1) is 24.2. The lowest BCUT2D eigenvalue weighted by molar-refractivity contribution is -0.141. The molecule has 1 N–H and O–H groups in total. The van der Waals surface area contributed by atoms with Crippen molar-refractivity contribution >= 4 is 35.0 Å². The molecule has 0 bridgehead atoms. The van der Waals surface area contributed by atoms with Crippen LogP contribution in [0.15, 0.2) is 42.5 Å². The number of carbonyl (C=O) groups is 2. The van der Waals surface area contributed by atoms with E-state index in [-0.39, 0.29) is 24.3 Å². The molecule has 2 aromatic carbocycles. The SMILES string of the molecule is CC[C@H](C(=O)N[C@@H](C)CC)N(Cc1ccccc1C)C(=O)Cc1ccc(Cl)c(Cl)c1. The molecule has 0 heterocycles. The van der Waals surface area contributed by atoms with Gasteiger partial charge in [-0.2, -0.15) is 0 Å². The number of benzene rings is 2. The fourth-order valence-electron chi connectivity index (χ4n) is 3.26. The molecule has 2 amide bonds. The lowest BCUT2D eigenvalue weighted by Crippen LogP contribution is -2.51. The second-order valence-corrected chi connectivity index (χ2v) is 8.43. The minimum absolute atomic E-state index is 0.0528. The van der Waals surface area contributed by atoms with Gasteiger partial charge in [-0.05, 0) is 55.5 Å². The second kappa shape index (κ2) is 11.4. The van der Waals surface area contributed by atoms with Gasteiger partial charge >= 0.3 is 0 Å². The zero-order chi connectivity index (χ0) is 22.3. The summed E-state index contributed by atoms with van der Waals surface area (Å²) in [6.45, 7) is 8.30. The van der Waals surface area contributed by atoms with Gasteiger partial charge in [0.25, 0.3) is 0 Å². The van der Waals surface area contributed by atoms with Crippen molar-refractivity contribution in [3.05, 3.63) is 69.2 Å². The lowest BCUT2D eigenvalue weighted by atomic mass is 10.0. The third kappa shape index (κ3) is 6.48. The van der Waals surface area contributed by atoms with E-state index in [2.05, 4.69) is 5.32 Å². The van der Waals surface area contributed by atoms with Crippen molar-refractivity contribution in [2.45, 2.75) is 65.6 Å². The van der Waals surface area contributed by atoms with Gasteiger partial charge in [-0.15, -0.1) is 0 Å². The predicted molar refractivity (Wildman–Crippen MR) is 124 cm³/mol. The van der Waals surface area contributed by atoms with Gasteiger partial charge in [0.15, 0.2) is 0 Å². The smallest absolute Gasteiger partial charge is 0.243 e. The van der Waals surface area contributed by atoms with Gasteiger partial charge in [0.05, 0.1) is 16.5 Å². The summed E-state index contributed by atoms with van der Waals surface area (Å²) in [5, 5.41) is 3.88. The third-order valence-corrected chi connectivity index (χ3v) is 6.07. The highest BCUT2D eigenvalue weighted by Crippen LogP contribution is 2.24. The number of rotatable bonds is 9. The molecule has 0 spiro atoms. The first-order chi connectivity index (χ1) is 14.3. The Morgan fingerprint density at radius 1 is 1.03 bits per heavy atom. The summed E-state index contributed by atoms with van der Waals surface area (Å²) in [7, 11) is 0. The minimum Gasteiger partial charge on any atom is -0.352 e. The van der Waals surface area contributed by atoms with E-state index >= 15 is 0 Å². The van der Waals surface area contributed by atoms with E-state index < -0.39 is 6.04 Å². The summed E-state index contributed by atoms with van der Waals surface area (Å²) in [6, 6.07) is 12.6. The predicted octanol–water partition coefficient (Wildman–Crippen LogP) is 5.57. The number of carbonyl (C=O) groups excluding carboxylic acids is 2. The van der Waals surface area contributed by atoms with Crippen LogP contribution in [0.25, 0.3) is 0 Å². The van der Waals surface area contributed by atoms with Crippen molar-refractivity contribution in [3.63, 3.8) is 0 Å². The highest BCUT2D eigenvalue weighted by atomic mass is 35.5. The maximum Gasteiger partial charge on any atom is 0.243 e. The minimum atomic E-state index is -0.547. The van der Waals surface area contributed by atoms with E-state index in [0.717, 1.165) is 23.1 Å². The molecule has 0 fully saturated rings. The van der Waals surface area contributed by atoms with Crippen molar-refractivity contribution in [2.75, 3.05) is 0 Å². The maximum atomic E-state index is 13.4. The molecule has 30 heavy (non-hydrogen) atoms. The summed E-state index contributed by atoms with van der Waals surface area (Å²) >= 11 is 12.1. The molecule has 0 aromatic heterocycles. The summed E-state index contributed by atoms with van der Waals surface area (Å²) in [6.07, 6.45) is 1.51. The van der Waals surface area contributed by atoms with Crippen molar-refractivity contribution in [3.8, 4) is 0 Å².